The minimum atomic E-state index is -4.00. The van der Waals surface area contributed by atoms with Gasteiger partial charge >= 0.3 is 6.18 Å². The summed E-state index contributed by atoms with van der Waals surface area (Å²) in [6.07, 6.45) is -1.30. The van der Waals surface area contributed by atoms with Crippen LogP contribution in [-0.4, -0.2) is 6.18 Å². The molecule has 0 nitrogen and oxygen atoms in total. The molecule has 1 rings (SSSR count). The van der Waals surface area contributed by atoms with E-state index in [1.165, 1.54) is 0 Å². The lowest BCUT2D eigenvalue weighted by atomic mass is 9.68. The number of alkyl halides is 3. The molecule has 0 radical (unpaired) electrons. The highest BCUT2D eigenvalue weighted by molar-refractivity contribution is 4.86. The summed E-state index contributed by atoms with van der Waals surface area (Å²) in [5.74, 6) is -1.08. The summed E-state index contributed by atoms with van der Waals surface area (Å²) >= 11 is 0. The third kappa shape index (κ3) is 1.93. The van der Waals surface area contributed by atoms with Crippen LogP contribution in [0.1, 0.15) is 39.5 Å². The molecule has 1 unspecified atom stereocenters. The van der Waals surface area contributed by atoms with Crippen molar-refractivity contribution in [2.24, 2.45) is 11.3 Å². The van der Waals surface area contributed by atoms with E-state index in [1.807, 2.05) is 0 Å². The van der Waals surface area contributed by atoms with Crippen LogP contribution in [0.15, 0.2) is 0 Å². The molecule has 0 aromatic carbocycles. The molecule has 0 heterocycles. The molecule has 1 aliphatic carbocycles. The first kappa shape index (κ1) is 9.87. The maximum atomic E-state index is 12.4. The number of halogens is 3. The van der Waals surface area contributed by atoms with Gasteiger partial charge in [-0.05, 0) is 18.3 Å². The summed E-state index contributed by atoms with van der Waals surface area (Å²) in [4.78, 5) is 0. The SMILES string of the molecule is CC1(C)CCCCC1C(F)(F)F. The molecule has 1 atom stereocenters. The molecule has 1 saturated carbocycles. The fraction of sp³-hybridized carbons (Fsp3) is 1.00. The van der Waals surface area contributed by atoms with Crippen LogP contribution in [0.3, 0.4) is 0 Å². The second-order valence-corrected chi connectivity index (χ2v) is 4.33. The van der Waals surface area contributed by atoms with E-state index in [1.54, 1.807) is 13.8 Å². The van der Waals surface area contributed by atoms with Crippen molar-refractivity contribution in [3.05, 3.63) is 0 Å². The van der Waals surface area contributed by atoms with Crippen LogP contribution in [0.2, 0.25) is 0 Å². The molecule has 0 aromatic heterocycles. The van der Waals surface area contributed by atoms with E-state index in [0.29, 0.717) is 12.8 Å². The van der Waals surface area contributed by atoms with Gasteiger partial charge in [-0.25, -0.2) is 0 Å². The fourth-order valence-electron chi connectivity index (χ4n) is 2.10. The van der Waals surface area contributed by atoms with Gasteiger partial charge in [0.15, 0.2) is 0 Å². The monoisotopic (exact) mass is 180 g/mol. The lowest BCUT2D eigenvalue weighted by molar-refractivity contribution is -0.211. The van der Waals surface area contributed by atoms with Crippen LogP contribution in [0.25, 0.3) is 0 Å². The fourth-order valence-corrected chi connectivity index (χ4v) is 2.10. The zero-order valence-corrected chi connectivity index (χ0v) is 7.54. The van der Waals surface area contributed by atoms with Crippen LogP contribution >= 0.6 is 0 Å². The molecule has 0 aromatic rings. The van der Waals surface area contributed by atoms with Crippen LogP contribution in [0.5, 0.6) is 0 Å². The Balaban J connectivity index is 2.73. The van der Waals surface area contributed by atoms with Crippen molar-refractivity contribution in [1.29, 1.82) is 0 Å². The van der Waals surface area contributed by atoms with Gasteiger partial charge in [-0.3, -0.25) is 0 Å². The van der Waals surface area contributed by atoms with Crippen molar-refractivity contribution >= 4 is 0 Å². The van der Waals surface area contributed by atoms with Crippen molar-refractivity contribution in [2.45, 2.75) is 45.7 Å². The first-order valence-corrected chi connectivity index (χ1v) is 4.41. The molecular formula is C9H15F3. The molecule has 0 saturated heterocycles. The second kappa shape index (κ2) is 2.93. The van der Waals surface area contributed by atoms with Gasteiger partial charge in [-0.15, -0.1) is 0 Å². The quantitative estimate of drug-likeness (QED) is 0.532. The molecule has 0 amide bonds. The van der Waals surface area contributed by atoms with Gasteiger partial charge in [-0.1, -0.05) is 26.7 Å². The largest absolute Gasteiger partial charge is 0.392 e. The summed E-state index contributed by atoms with van der Waals surface area (Å²) in [6.45, 7) is 3.45. The second-order valence-electron chi connectivity index (χ2n) is 4.33. The summed E-state index contributed by atoms with van der Waals surface area (Å²) in [6, 6.07) is 0. The van der Waals surface area contributed by atoms with E-state index in [2.05, 4.69) is 0 Å². The predicted molar refractivity (Wildman–Crippen MR) is 41.8 cm³/mol. The minimum absolute atomic E-state index is 0.316. The smallest absolute Gasteiger partial charge is 0.171 e. The third-order valence-electron chi connectivity index (χ3n) is 2.90. The van der Waals surface area contributed by atoms with Gasteiger partial charge in [0.25, 0.3) is 0 Å². The average Bonchev–Trinajstić information content (AvgIpc) is 1.83. The Morgan fingerprint density at radius 1 is 1.17 bits per heavy atom. The summed E-state index contributed by atoms with van der Waals surface area (Å²) in [5, 5.41) is 0. The molecule has 1 aliphatic rings. The molecule has 0 bridgehead atoms. The van der Waals surface area contributed by atoms with Crippen LogP contribution < -0.4 is 0 Å². The molecule has 72 valence electrons. The van der Waals surface area contributed by atoms with Crippen LogP contribution in [0.4, 0.5) is 13.2 Å². The van der Waals surface area contributed by atoms with Gasteiger partial charge in [0.1, 0.15) is 0 Å². The van der Waals surface area contributed by atoms with E-state index in [9.17, 15) is 13.2 Å². The first-order valence-electron chi connectivity index (χ1n) is 4.41. The number of rotatable bonds is 0. The lowest BCUT2D eigenvalue weighted by Gasteiger charge is -2.39. The predicted octanol–water partition coefficient (Wildman–Crippen LogP) is 3.77. The first-order chi connectivity index (χ1) is 5.34. The maximum absolute atomic E-state index is 12.4. The van der Waals surface area contributed by atoms with E-state index in [0.717, 1.165) is 12.8 Å². The van der Waals surface area contributed by atoms with E-state index < -0.39 is 17.5 Å². The van der Waals surface area contributed by atoms with Crippen LogP contribution in [0, 0.1) is 11.3 Å². The molecule has 0 aliphatic heterocycles. The van der Waals surface area contributed by atoms with Crippen molar-refractivity contribution < 1.29 is 13.2 Å². The number of hydrogen-bond acceptors (Lipinski definition) is 0. The maximum Gasteiger partial charge on any atom is 0.392 e. The summed E-state index contributed by atoms with van der Waals surface area (Å²) in [5.41, 5.74) is -0.545. The van der Waals surface area contributed by atoms with E-state index in [4.69, 9.17) is 0 Å². The van der Waals surface area contributed by atoms with Gasteiger partial charge in [0.2, 0.25) is 0 Å². The third-order valence-corrected chi connectivity index (χ3v) is 2.90. The minimum Gasteiger partial charge on any atom is -0.171 e. The van der Waals surface area contributed by atoms with Gasteiger partial charge in [0.05, 0.1) is 5.92 Å². The molecule has 0 spiro atoms. The van der Waals surface area contributed by atoms with Crippen molar-refractivity contribution in [1.82, 2.24) is 0 Å². The van der Waals surface area contributed by atoms with Gasteiger partial charge < -0.3 is 0 Å². The molecular weight excluding hydrogens is 165 g/mol. The molecule has 12 heavy (non-hydrogen) atoms. The highest BCUT2D eigenvalue weighted by Crippen LogP contribution is 2.48. The van der Waals surface area contributed by atoms with E-state index in [-0.39, 0.29) is 0 Å². The Hall–Kier alpha value is -0.210. The Bertz CT molecular complexity index is 158. The zero-order valence-electron chi connectivity index (χ0n) is 7.54. The molecule has 0 N–H and O–H groups in total. The zero-order chi connectivity index (χ0) is 9.41. The van der Waals surface area contributed by atoms with E-state index >= 15 is 0 Å². The summed E-state index contributed by atoms with van der Waals surface area (Å²) < 4.78 is 37.3. The number of hydrogen-bond donors (Lipinski definition) is 0. The highest BCUT2D eigenvalue weighted by Gasteiger charge is 2.49. The molecule has 3 heteroatoms. The van der Waals surface area contributed by atoms with Crippen molar-refractivity contribution in [3.63, 3.8) is 0 Å². The average molecular weight is 180 g/mol. The Morgan fingerprint density at radius 3 is 2.08 bits per heavy atom. The lowest BCUT2D eigenvalue weighted by Crippen LogP contribution is -2.38. The Kier molecular flexibility index (Phi) is 2.41. The highest BCUT2D eigenvalue weighted by atomic mass is 19.4. The standard InChI is InChI=1S/C9H15F3/c1-8(2)6-4-3-5-7(8)9(10,11)12/h7H,3-6H2,1-2H3. The van der Waals surface area contributed by atoms with Crippen LogP contribution in [-0.2, 0) is 0 Å². The van der Waals surface area contributed by atoms with Crippen molar-refractivity contribution in [3.8, 4) is 0 Å². The topological polar surface area (TPSA) is 0 Å². The van der Waals surface area contributed by atoms with Gasteiger partial charge in [-0.2, -0.15) is 13.2 Å². The Labute approximate surface area is 71.1 Å². The van der Waals surface area contributed by atoms with Crippen molar-refractivity contribution in [2.75, 3.05) is 0 Å². The van der Waals surface area contributed by atoms with Gasteiger partial charge in [0, 0.05) is 0 Å². The normalized spacial score (nSPS) is 30.2. The summed E-state index contributed by atoms with van der Waals surface area (Å²) in [7, 11) is 0. The Morgan fingerprint density at radius 2 is 1.75 bits per heavy atom. The molecule has 1 fully saturated rings.